The second-order valence-electron chi connectivity index (χ2n) is 4.07. The van der Waals surface area contributed by atoms with E-state index in [0.29, 0.717) is 5.56 Å². The SMILES string of the molecule is COc1c(I)cc(I)cc1/C=C/C(=O)c1ccccc1. The van der Waals surface area contributed by atoms with Crippen molar-refractivity contribution in [1.29, 1.82) is 0 Å². The smallest absolute Gasteiger partial charge is 0.185 e. The van der Waals surface area contributed by atoms with Gasteiger partial charge in [-0.2, -0.15) is 0 Å². The molecule has 2 rings (SSSR count). The van der Waals surface area contributed by atoms with Gasteiger partial charge in [0.25, 0.3) is 0 Å². The van der Waals surface area contributed by atoms with Gasteiger partial charge in [-0.15, -0.1) is 0 Å². The van der Waals surface area contributed by atoms with Crippen LogP contribution in [0.25, 0.3) is 6.08 Å². The van der Waals surface area contributed by atoms with Gasteiger partial charge in [0.1, 0.15) is 5.75 Å². The average molecular weight is 490 g/mol. The molecule has 0 radical (unpaired) electrons. The summed E-state index contributed by atoms with van der Waals surface area (Å²) < 4.78 is 7.54. The normalized spacial score (nSPS) is 10.8. The molecule has 4 heteroatoms. The molecule has 0 bridgehead atoms. The van der Waals surface area contributed by atoms with E-state index >= 15 is 0 Å². The predicted octanol–water partition coefficient (Wildman–Crippen LogP) is 4.80. The first-order chi connectivity index (χ1) is 9.61. The fraction of sp³-hybridized carbons (Fsp3) is 0.0625. The summed E-state index contributed by atoms with van der Waals surface area (Å²) >= 11 is 4.49. The molecule has 0 spiro atoms. The van der Waals surface area contributed by atoms with E-state index in [9.17, 15) is 4.79 Å². The summed E-state index contributed by atoms with van der Waals surface area (Å²) in [6, 6.07) is 13.3. The number of ketones is 1. The Bertz CT molecular complexity index is 649. The Morgan fingerprint density at radius 3 is 2.50 bits per heavy atom. The Morgan fingerprint density at radius 1 is 1.15 bits per heavy atom. The monoisotopic (exact) mass is 490 g/mol. The van der Waals surface area contributed by atoms with Gasteiger partial charge in [-0.3, -0.25) is 4.79 Å². The van der Waals surface area contributed by atoms with Crippen molar-refractivity contribution in [1.82, 2.24) is 0 Å². The molecule has 0 N–H and O–H groups in total. The number of carbonyl (C=O) groups is 1. The van der Waals surface area contributed by atoms with E-state index in [0.717, 1.165) is 18.5 Å². The van der Waals surface area contributed by atoms with E-state index in [2.05, 4.69) is 45.2 Å². The van der Waals surface area contributed by atoms with Crippen LogP contribution in [0.4, 0.5) is 0 Å². The topological polar surface area (TPSA) is 26.3 Å². The zero-order chi connectivity index (χ0) is 14.5. The highest BCUT2D eigenvalue weighted by molar-refractivity contribution is 14.1. The van der Waals surface area contributed by atoms with E-state index in [1.165, 1.54) is 0 Å². The molecule has 0 unspecified atom stereocenters. The zero-order valence-electron chi connectivity index (χ0n) is 10.8. The standard InChI is InChI=1S/C16H12I2O2/c1-20-16-12(9-13(17)10-14(16)18)7-8-15(19)11-5-3-2-4-6-11/h2-10H,1H3/b8-7+. The lowest BCUT2D eigenvalue weighted by Crippen LogP contribution is -1.95. The van der Waals surface area contributed by atoms with E-state index in [-0.39, 0.29) is 5.78 Å². The molecule has 0 aliphatic heterocycles. The van der Waals surface area contributed by atoms with Crippen molar-refractivity contribution in [2.45, 2.75) is 0 Å². The molecule has 0 amide bonds. The largest absolute Gasteiger partial charge is 0.495 e. The summed E-state index contributed by atoms with van der Waals surface area (Å²) in [4.78, 5) is 12.1. The summed E-state index contributed by atoms with van der Waals surface area (Å²) in [5.74, 6) is 0.782. The van der Waals surface area contributed by atoms with Crippen LogP contribution < -0.4 is 4.74 Å². The molecule has 2 aromatic rings. The van der Waals surface area contributed by atoms with Gasteiger partial charge in [0.2, 0.25) is 0 Å². The maximum atomic E-state index is 12.1. The van der Waals surface area contributed by atoms with Crippen molar-refractivity contribution in [3.05, 3.63) is 66.8 Å². The van der Waals surface area contributed by atoms with Crippen LogP contribution in [0.15, 0.2) is 48.5 Å². The quantitative estimate of drug-likeness (QED) is 0.350. The number of hydrogen-bond acceptors (Lipinski definition) is 2. The summed E-state index contributed by atoms with van der Waals surface area (Å²) in [6.45, 7) is 0. The van der Waals surface area contributed by atoms with Crippen molar-refractivity contribution >= 4 is 57.0 Å². The second kappa shape index (κ2) is 7.21. The highest BCUT2D eigenvalue weighted by Crippen LogP contribution is 2.29. The van der Waals surface area contributed by atoms with E-state index < -0.39 is 0 Å². The van der Waals surface area contributed by atoms with Gasteiger partial charge in [0.15, 0.2) is 5.78 Å². The lowest BCUT2D eigenvalue weighted by molar-refractivity contribution is 0.104. The first-order valence-electron chi connectivity index (χ1n) is 5.92. The molecule has 0 saturated heterocycles. The Hall–Kier alpha value is -0.890. The number of halogens is 2. The molecule has 2 aromatic carbocycles. The molecule has 20 heavy (non-hydrogen) atoms. The molecule has 102 valence electrons. The molecule has 0 saturated carbocycles. The Labute approximate surface area is 145 Å². The summed E-state index contributed by atoms with van der Waals surface area (Å²) in [6.07, 6.45) is 3.39. The van der Waals surface area contributed by atoms with Gasteiger partial charge in [0.05, 0.1) is 10.7 Å². The van der Waals surface area contributed by atoms with Crippen LogP contribution in [0, 0.1) is 7.14 Å². The fourth-order valence-corrected chi connectivity index (χ4v) is 3.89. The lowest BCUT2D eigenvalue weighted by atomic mass is 10.1. The third kappa shape index (κ3) is 3.82. The van der Waals surface area contributed by atoms with Gasteiger partial charge in [-0.05, 0) is 69.5 Å². The Balaban J connectivity index is 2.30. The third-order valence-electron chi connectivity index (χ3n) is 2.71. The van der Waals surface area contributed by atoms with Crippen molar-refractivity contribution < 1.29 is 9.53 Å². The van der Waals surface area contributed by atoms with Crippen molar-refractivity contribution in [2.24, 2.45) is 0 Å². The maximum absolute atomic E-state index is 12.1. The van der Waals surface area contributed by atoms with Crippen LogP contribution in [-0.2, 0) is 0 Å². The molecule has 2 nitrogen and oxygen atoms in total. The fourth-order valence-electron chi connectivity index (χ4n) is 1.78. The number of methoxy groups -OCH3 is 1. The minimum Gasteiger partial charge on any atom is -0.495 e. The second-order valence-corrected chi connectivity index (χ2v) is 6.48. The predicted molar refractivity (Wildman–Crippen MR) is 98.2 cm³/mol. The number of carbonyl (C=O) groups excluding carboxylic acids is 1. The number of allylic oxidation sites excluding steroid dienone is 1. The van der Waals surface area contributed by atoms with E-state index in [1.807, 2.05) is 42.5 Å². The van der Waals surface area contributed by atoms with Gasteiger partial charge in [-0.1, -0.05) is 30.3 Å². The van der Waals surface area contributed by atoms with Crippen molar-refractivity contribution in [3.63, 3.8) is 0 Å². The molecule has 0 aliphatic carbocycles. The first-order valence-corrected chi connectivity index (χ1v) is 8.08. The number of ether oxygens (including phenoxy) is 1. The van der Waals surface area contributed by atoms with Gasteiger partial charge in [0, 0.05) is 14.7 Å². The number of hydrogen-bond donors (Lipinski definition) is 0. The van der Waals surface area contributed by atoms with Crippen LogP contribution >= 0.6 is 45.2 Å². The van der Waals surface area contributed by atoms with Crippen molar-refractivity contribution in [3.8, 4) is 5.75 Å². The highest BCUT2D eigenvalue weighted by Gasteiger charge is 2.07. The van der Waals surface area contributed by atoms with Crippen LogP contribution in [0.5, 0.6) is 5.75 Å². The van der Waals surface area contributed by atoms with Gasteiger partial charge < -0.3 is 4.74 Å². The Morgan fingerprint density at radius 2 is 1.85 bits per heavy atom. The third-order valence-corrected chi connectivity index (χ3v) is 4.14. The summed E-state index contributed by atoms with van der Waals surface area (Å²) in [7, 11) is 1.64. The van der Waals surface area contributed by atoms with Crippen LogP contribution in [0.2, 0.25) is 0 Å². The van der Waals surface area contributed by atoms with Crippen LogP contribution in [0.1, 0.15) is 15.9 Å². The van der Waals surface area contributed by atoms with E-state index in [4.69, 9.17) is 4.74 Å². The Kier molecular flexibility index (Phi) is 5.59. The minimum atomic E-state index is -0.0125. The van der Waals surface area contributed by atoms with Crippen LogP contribution in [0.3, 0.4) is 0 Å². The first kappa shape index (κ1) is 15.5. The molecule has 0 fully saturated rings. The molecular weight excluding hydrogens is 478 g/mol. The summed E-state index contributed by atoms with van der Waals surface area (Å²) in [5, 5.41) is 0. The molecule has 0 atom stereocenters. The molecule has 0 aromatic heterocycles. The molecule has 0 aliphatic rings. The lowest BCUT2D eigenvalue weighted by Gasteiger charge is -2.08. The van der Waals surface area contributed by atoms with E-state index in [1.54, 1.807) is 19.3 Å². The zero-order valence-corrected chi connectivity index (χ0v) is 15.1. The molecule has 0 heterocycles. The van der Waals surface area contributed by atoms with Gasteiger partial charge in [-0.25, -0.2) is 0 Å². The molecular formula is C16H12I2O2. The minimum absolute atomic E-state index is 0.0125. The average Bonchev–Trinajstić information content (AvgIpc) is 2.45. The highest BCUT2D eigenvalue weighted by atomic mass is 127. The maximum Gasteiger partial charge on any atom is 0.185 e. The number of rotatable bonds is 4. The van der Waals surface area contributed by atoms with Gasteiger partial charge >= 0.3 is 0 Å². The van der Waals surface area contributed by atoms with Crippen molar-refractivity contribution in [2.75, 3.05) is 7.11 Å². The summed E-state index contributed by atoms with van der Waals surface area (Å²) in [5.41, 5.74) is 1.59. The number of benzene rings is 2. The van der Waals surface area contributed by atoms with Crippen LogP contribution in [-0.4, -0.2) is 12.9 Å².